The number of nitrogens with two attached hydrogens (primary N) is 1. The third-order valence-electron chi connectivity index (χ3n) is 5.06. The summed E-state index contributed by atoms with van der Waals surface area (Å²) in [7, 11) is 0. The summed E-state index contributed by atoms with van der Waals surface area (Å²) >= 11 is 0. The molecule has 0 aromatic carbocycles. The lowest BCUT2D eigenvalue weighted by Gasteiger charge is -2.44. The number of amides is 1. The van der Waals surface area contributed by atoms with E-state index in [0.717, 1.165) is 19.3 Å². The maximum atomic E-state index is 13.2. The molecule has 0 bridgehead atoms. The Bertz CT molecular complexity index is 372. The predicted octanol–water partition coefficient (Wildman–Crippen LogP) is 3.08. The van der Waals surface area contributed by atoms with Crippen molar-refractivity contribution < 1.29 is 18.0 Å². The number of hydrogen-bond acceptors (Lipinski definition) is 2. The number of halogens is 3. The van der Waals surface area contributed by atoms with Crippen molar-refractivity contribution in [3.63, 3.8) is 0 Å². The minimum Gasteiger partial charge on any atom is -0.335 e. The summed E-state index contributed by atoms with van der Waals surface area (Å²) in [5, 5.41) is 0. The molecule has 2 fully saturated rings. The van der Waals surface area contributed by atoms with Gasteiger partial charge in [0.2, 0.25) is 5.91 Å². The van der Waals surface area contributed by atoms with Gasteiger partial charge in [-0.15, -0.1) is 0 Å². The third-order valence-corrected chi connectivity index (χ3v) is 5.06. The second-order valence-corrected chi connectivity index (χ2v) is 6.45. The van der Waals surface area contributed by atoms with E-state index >= 15 is 0 Å². The first kappa shape index (κ1) is 16.6. The summed E-state index contributed by atoms with van der Waals surface area (Å²) in [6.07, 6.45) is 0.0566. The van der Waals surface area contributed by atoms with Crippen molar-refractivity contribution in [3.05, 3.63) is 0 Å². The largest absolute Gasteiger partial charge is 0.392 e. The number of carbonyl (C=O) groups excluding carboxylic acids is 1. The van der Waals surface area contributed by atoms with Crippen molar-refractivity contribution >= 4 is 5.91 Å². The lowest BCUT2D eigenvalue weighted by molar-refractivity contribution is -0.202. The van der Waals surface area contributed by atoms with Crippen LogP contribution in [0.1, 0.15) is 51.9 Å². The van der Waals surface area contributed by atoms with Crippen molar-refractivity contribution in [1.29, 1.82) is 0 Å². The maximum absolute atomic E-state index is 13.2. The molecule has 2 N–H and O–H groups in total. The lowest BCUT2D eigenvalue weighted by Crippen LogP contribution is -2.55. The molecule has 0 aromatic rings. The Morgan fingerprint density at radius 1 is 1.14 bits per heavy atom. The summed E-state index contributed by atoms with van der Waals surface area (Å²) in [4.78, 5) is 14.4. The van der Waals surface area contributed by atoms with E-state index in [1.807, 2.05) is 6.92 Å². The van der Waals surface area contributed by atoms with Crippen LogP contribution in [0, 0.1) is 11.8 Å². The maximum Gasteiger partial charge on any atom is 0.392 e. The van der Waals surface area contributed by atoms with Gasteiger partial charge in [0.1, 0.15) is 0 Å². The Morgan fingerprint density at radius 3 is 2.43 bits per heavy atom. The van der Waals surface area contributed by atoms with Crippen LogP contribution in [-0.2, 0) is 4.79 Å². The average molecular weight is 306 g/mol. The molecule has 1 amide bonds. The number of likely N-dealkylation sites (tertiary alicyclic amines) is 1. The third kappa shape index (κ3) is 3.52. The molecule has 2 aliphatic rings. The molecule has 1 heterocycles. The molecule has 6 heteroatoms. The molecule has 1 aliphatic heterocycles. The molecule has 1 aliphatic carbocycles. The Hall–Kier alpha value is -0.780. The van der Waals surface area contributed by atoms with Gasteiger partial charge in [-0.2, -0.15) is 13.2 Å². The fraction of sp³-hybridized carbons (Fsp3) is 0.933. The summed E-state index contributed by atoms with van der Waals surface area (Å²) in [5.41, 5.74) is 5.73. The number of hydrogen-bond donors (Lipinski definition) is 1. The van der Waals surface area contributed by atoms with Crippen molar-refractivity contribution in [2.75, 3.05) is 6.54 Å². The first-order chi connectivity index (χ1) is 9.86. The van der Waals surface area contributed by atoms with Gasteiger partial charge < -0.3 is 10.6 Å². The van der Waals surface area contributed by atoms with Crippen LogP contribution in [-0.4, -0.2) is 35.6 Å². The molecule has 2 rings (SSSR count). The summed E-state index contributed by atoms with van der Waals surface area (Å²) in [6.45, 7) is 2.25. The van der Waals surface area contributed by atoms with Crippen molar-refractivity contribution in [1.82, 2.24) is 4.90 Å². The first-order valence-electron chi connectivity index (χ1n) is 7.95. The molecule has 4 unspecified atom stereocenters. The molecule has 1 saturated heterocycles. The van der Waals surface area contributed by atoms with Crippen LogP contribution >= 0.6 is 0 Å². The Kier molecular flexibility index (Phi) is 5.17. The van der Waals surface area contributed by atoms with Gasteiger partial charge in [-0.05, 0) is 39.0 Å². The van der Waals surface area contributed by atoms with E-state index < -0.39 is 18.0 Å². The molecule has 0 radical (unpaired) electrons. The SMILES string of the molecule is CC1CCCC(CN)N1C(=O)C1CCCCC1C(F)(F)F. The highest BCUT2D eigenvalue weighted by Gasteiger charge is 2.50. The van der Waals surface area contributed by atoms with Gasteiger partial charge in [0.05, 0.1) is 5.92 Å². The number of carbonyl (C=O) groups is 1. The Labute approximate surface area is 124 Å². The zero-order valence-corrected chi connectivity index (χ0v) is 12.5. The van der Waals surface area contributed by atoms with Gasteiger partial charge in [-0.1, -0.05) is 12.8 Å². The van der Waals surface area contributed by atoms with Gasteiger partial charge in [-0.25, -0.2) is 0 Å². The topological polar surface area (TPSA) is 46.3 Å². The molecular formula is C15H25F3N2O. The van der Waals surface area contributed by atoms with Gasteiger partial charge in [0.25, 0.3) is 0 Å². The lowest BCUT2D eigenvalue weighted by atomic mass is 9.77. The van der Waals surface area contributed by atoms with E-state index in [4.69, 9.17) is 5.73 Å². The van der Waals surface area contributed by atoms with E-state index in [2.05, 4.69) is 0 Å². The van der Waals surface area contributed by atoms with Crippen LogP contribution in [0.25, 0.3) is 0 Å². The van der Waals surface area contributed by atoms with Gasteiger partial charge >= 0.3 is 6.18 Å². The van der Waals surface area contributed by atoms with Crippen LogP contribution in [0.4, 0.5) is 13.2 Å². The number of piperidine rings is 1. The Balaban J connectivity index is 2.19. The van der Waals surface area contributed by atoms with Crippen molar-refractivity contribution in [2.24, 2.45) is 17.6 Å². The zero-order chi connectivity index (χ0) is 15.6. The van der Waals surface area contributed by atoms with E-state index in [-0.39, 0.29) is 24.4 Å². The normalized spacial score (nSPS) is 34.8. The molecule has 4 atom stereocenters. The number of nitrogens with zero attached hydrogens (tertiary/aromatic N) is 1. The highest BCUT2D eigenvalue weighted by atomic mass is 19.4. The second-order valence-electron chi connectivity index (χ2n) is 6.45. The van der Waals surface area contributed by atoms with E-state index in [1.165, 1.54) is 0 Å². The monoisotopic (exact) mass is 306 g/mol. The summed E-state index contributed by atoms with van der Waals surface area (Å²) in [6, 6.07) is -0.104. The molecule has 0 spiro atoms. The fourth-order valence-corrected chi connectivity index (χ4v) is 3.93. The molecule has 0 aromatic heterocycles. The second kappa shape index (κ2) is 6.55. The van der Waals surface area contributed by atoms with Gasteiger partial charge in [-0.3, -0.25) is 4.79 Å². The van der Waals surface area contributed by atoms with Crippen molar-refractivity contribution in [2.45, 2.75) is 70.1 Å². The van der Waals surface area contributed by atoms with Crippen molar-refractivity contribution in [3.8, 4) is 0 Å². The molecule has 21 heavy (non-hydrogen) atoms. The van der Waals surface area contributed by atoms with E-state index in [0.29, 0.717) is 25.8 Å². The van der Waals surface area contributed by atoms with E-state index in [1.54, 1.807) is 4.90 Å². The highest BCUT2D eigenvalue weighted by molar-refractivity contribution is 5.80. The van der Waals surface area contributed by atoms with Gasteiger partial charge in [0.15, 0.2) is 0 Å². The first-order valence-corrected chi connectivity index (χ1v) is 7.95. The number of rotatable bonds is 2. The quantitative estimate of drug-likeness (QED) is 0.852. The number of alkyl halides is 3. The molecule has 122 valence electrons. The van der Waals surface area contributed by atoms with Crippen LogP contribution in [0.15, 0.2) is 0 Å². The Morgan fingerprint density at radius 2 is 1.81 bits per heavy atom. The smallest absolute Gasteiger partial charge is 0.335 e. The minimum atomic E-state index is -4.28. The molecular weight excluding hydrogens is 281 g/mol. The minimum absolute atomic E-state index is 0.00406. The summed E-state index contributed by atoms with van der Waals surface area (Å²) < 4.78 is 39.6. The predicted molar refractivity (Wildman–Crippen MR) is 74.5 cm³/mol. The van der Waals surface area contributed by atoms with Crippen LogP contribution in [0.5, 0.6) is 0 Å². The summed E-state index contributed by atoms with van der Waals surface area (Å²) in [5.74, 6) is -2.71. The van der Waals surface area contributed by atoms with Crippen LogP contribution < -0.4 is 5.73 Å². The van der Waals surface area contributed by atoms with Crippen LogP contribution in [0.3, 0.4) is 0 Å². The molecule has 3 nitrogen and oxygen atoms in total. The van der Waals surface area contributed by atoms with E-state index in [9.17, 15) is 18.0 Å². The van der Waals surface area contributed by atoms with Crippen LogP contribution in [0.2, 0.25) is 0 Å². The highest BCUT2D eigenvalue weighted by Crippen LogP contribution is 2.43. The van der Waals surface area contributed by atoms with Gasteiger partial charge in [0, 0.05) is 24.5 Å². The fourth-order valence-electron chi connectivity index (χ4n) is 3.93. The average Bonchev–Trinajstić information content (AvgIpc) is 2.45. The zero-order valence-electron chi connectivity index (χ0n) is 12.5. The molecule has 1 saturated carbocycles. The standard InChI is InChI=1S/C15H25F3N2O/c1-10-5-4-6-11(9-19)20(10)14(21)12-7-2-3-8-13(12)15(16,17)18/h10-13H,2-9,19H2,1H3.